The van der Waals surface area contributed by atoms with Crippen LogP contribution in [0.1, 0.15) is 12.8 Å². The number of imide groups is 1. The number of amides is 2. The third-order valence-electron chi connectivity index (χ3n) is 1.54. The summed E-state index contributed by atoms with van der Waals surface area (Å²) in [5.74, 6) is -0.973. The molecule has 2 amide bonds. The van der Waals surface area contributed by atoms with E-state index in [4.69, 9.17) is 3.07 Å². The Labute approximate surface area is 101 Å². The predicted molar refractivity (Wildman–Crippen MR) is 54.5 cm³/mol. The van der Waals surface area contributed by atoms with Crippen LogP contribution in [0.5, 0.6) is 0 Å². The molecule has 0 spiro atoms. The second kappa shape index (κ2) is 5.82. The third kappa shape index (κ3) is 3.74. The summed E-state index contributed by atoms with van der Waals surface area (Å²) in [7, 11) is 0. The average Bonchev–Trinajstić information content (AvgIpc) is 2.49. The number of hydrogen-bond acceptors (Lipinski definition) is 5. The predicted octanol–water partition coefficient (Wildman–Crippen LogP) is -2.11. The number of nitrogens with zero attached hydrogens (tertiary/aromatic N) is 1. The topological polar surface area (TPSA) is 72.9 Å². The van der Waals surface area contributed by atoms with Crippen LogP contribution in [0.2, 0.25) is 0 Å². The zero-order valence-corrected chi connectivity index (χ0v) is 12.5. The van der Waals surface area contributed by atoms with Gasteiger partial charge in [-0.15, -0.1) is 0 Å². The molecule has 0 saturated carbocycles. The molecule has 1 rings (SSSR count). The first kappa shape index (κ1) is 12.9. The molecule has 0 bridgehead atoms. The van der Waals surface area contributed by atoms with E-state index in [0.717, 1.165) is 0 Å². The van der Waals surface area contributed by atoms with Crippen LogP contribution in [0.4, 0.5) is 4.79 Å². The minimum atomic E-state index is -1.62. The summed E-state index contributed by atoms with van der Waals surface area (Å²) in [5, 5.41) is 0.500. The number of hydrogen-bond donors (Lipinski definition) is 0. The fourth-order valence-corrected chi connectivity index (χ4v) is 3.63. The van der Waals surface area contributed by atoms with Crippen molar-refractivity contribution in [3.8, 4) is 0 Å². The van der Waals surface area contributed by atoms with Gasteiger partial charge >= 0.3 is 102 Å². The first-order chi connectivity index (χ1) is 7.04. The van der Waals surface area contributed by atoms with Crippen molar-refractivity contribution in [3.05, 3.63) is 0 Å². The number of carbonyl (C=O) groups is 3. The quantitative estimate of drug-likeness (QED) is 0.285. The van der Waals surface area contributed by atoms with Crippen LogP contribution in [-0.2, 0) is 17.5 Å². The van der Waals surface area contributed by atoms with Crippen molar-refractivity contribution in [1.29, 1.82) is 0 Å². The molecule has 0 radical (unpaired) electrons. The van der Waals surface area contributed by atoms with Gasteiger partial charge in [0.15, 0.2) is 0 Å². The summed E-state index contributed by atoms with van der Waals surface area (Å²) >= 11 is -1.70. The molecule has 1 fully saturated rings. The van der Waals surface area contributed by atoms with Crippen molar-refractivity contribution < 1.29 is 39.5 Å². The van der Waals surface area contributed by atoms with Crippen LogP contribution in [0.3, 0.4) is 0 Å². The van der Waals surface area contributed by atoms with Crippen LogP contribution in [0.15, 0.2) is 0 Å². The van der Waals surface area contributed by atoms with Gasteiger partial charge in [0.05, 0.1) is 0 Å². The van der Waals surface area contributed by atoms with E-state index in [1.165, 1.54) is 0 Å². The summed E-state index contributed by atoms with van der Waals surface area (Å²) < 4.78 is 4.96. The molecule has 1 heterocycles. The van der Waals surface area contributed by atoms with Gasteiger partial charge < -0.3 is 0 Å². The Morgan fingerprint density at radius 3 is 2.40 bits per heavy atom. The average molecular weight is 442 g/mol. The van der Waals surface area contributed by atoms with Gasteiger partial charge in [-0.05, 0) is 0 Å². The zero-order valence-electron chi connectivity index (χ0n) is 8.16. The summed E-state index contributed by atoms with van der Waals surface area (Å²) in [6.45, 7) is 0. The van der Waals surface area contributed by atoms with E-state index in [1.807, 2.05) is 9.86 Å². The van der Waals surface area contributed by atoms with Crippen molar-refractivity contribution in [1.82, 2.24) is 5.06 Å². The van der Waals surface area contributed by atoms with E-state index in [-0.39, 0.29) is 30.1 Å². The summed E-state index contributed by atoms with van der Waals surface area (Å²) in [5.41, 5.74) is 0. The van der Waals surface area contributed by atoms with E-state index >= 15 is 0 Å². The fourth-order valence-electron chi connectivity index (χ4n) is 0.862. The van der Waals surface area contributed by atoms with E-state index in [1.54, 1.807) is 0 Å². The monoisotopic (exact) mass is 442 g/mol. The Hall–Kier alpha value is -0.130. The summed E-state index contributed by atoms with van der Waals surface area (Å²) in [4.78, 5) is 41.7. The SMILES string of the molecule is C[I-]I(C)OC(=O)ON1C(=O)CCC1=O. The van der Waals surface area contributed by atoms with E-state index < -0.39 is 34.2 Å². The van der Waals surface area contributed by atoms with Crippen molar-refractivity contribution in [2.45, 2.75) is 12.8 Å². The van der Waals surface area contributed by atoms with Gasteiger partial charge in [0.25, 0.3) is 0 Å². The summed E-state index contributed by atoms with van der Waals surface area (Å²) in [6.07, 6.45) is -0.726. The Bertz CT molecular complexity index is 279. The second-order valence-electron chi connectivity index (χ2n) is 2.50. The van der Waals surface area contributed by atoms with Crippen molar-refractivity contribution in [3.63, 3.8) is 0 Å². The maximum absolute atomic E-state index is 11.1. The molecule has 0 aromatic rings. The molecular weight excluding hydrogens is 432 g/mol. The molecule has 1 aliphatic heterocycles. The van der Waals surface area contributed by atoms with Crippen molar-refractivity contribution in [2.24, 2.45) is 0 Å². The molecule has 88 valence electrons. The molecule has 0 aliphatic carbocycles. The minimum absolute atomic E-state index is 0.0856. The normalized spacial score (nSPS) is 16.9. The fraction of sp³-hybridized carbons (Fsp3) is 0.571. The van der Waals surface area contributed by atoms with E-state index in [0.29, 0.717) is 5.06 Å². The van der Waals surface area contributed by atoms with Crippen LogP contribution < -0.4 is 17.2 Å². The third-order valence-corrected chi connectivity index (χ3v) is 12.5. The second-order valence-corrected chi connectivity index (χ2v) is 19.0. The molecule has 0 unspecified atom stereocenters. The molecule has 1 saturated heterocycles. The Balaban J connectivity index is 2.44. The molecule has 15 heavy (non-hydrogen) atoms. The first-order valence-electron chi connectivity index (χ1n) is 3.91. The molecule has 0 N–H and O–H groups in total. The summed E-state index contributed by atoms with van der Waals surface area (Å²) in [6, 6.07) is 0. The molecule has 0 aromatic carbocycles. The van der Waals surface area contributed by atoms with Gasteiger partial charge in [0, 0.05) is 0 Å². The maximum atomic E-state index is 11.1. The first-order valence-corrected chi connectivity index (χ1v) is 15.4. The molecule has 0 aromatic heterocycles. The van der Waals surface area contributed by atoms with Crippen LogP contribution in [0.25, 0.3) is 0 Å². The molecule has 1 aliphatic rings. The molecular formula is C7H10I2NO5-. The number of rotatable bonds is 3. The Morgan fingerprint density at radius 1 is 1.40 bits per heavy atom. The van der Waals surface area contributed by atoms with Gasteiger partial charge in [-0.3, -0.25) is 0 Å². The molecule has 8 heteroatoms. The number of hydroxylamine groups is 2. The number of carbonyl (C=O) groups excluding carboxylic acids is 3. The van der Waals surface area contributed by atoms with Gasteiger partial charge in [-0.2, -0.15) is 0 Å². The Morgan fingerprint density at radius 2 is 1.93 bits per heavy atom. The number of halogens is 2. The standard InChI is InChI=1S/C7H10I2NO5/c1-8-9(2)14-7(13)15-10-5(11)3-4-6(10)12/h3-4H2,1-2H3/q-1. The molecule has 0 atom stereocenters. The van der Waals surface area contributed by atoms with E-state index in [2.05, 4.69) is 4.84 Å². The van der Waals surface area contributed by atoms with E-state index in [9.17, 15) is 14.4 Å². The van der Waals surface area contributed by atoms with Gasteiger partial charge in [0.1, 0.15) is 0 Å². The Kier molecular flexibility index (Phi) is 5.02. The van der Waals surface area contributed by atoms with Crippen LogP contribution >= 0.6 is 16.3 Å². The number of alkyl halides is 2. The van der Waals surface area contributed by atoms with Crippen molar-refractivity contribution in [2.75, 3.05) is 9.86 Å². The van der Waals surface area contributed by atoms with Gasteiger partial charge in [-0.1, -0.05) is 0 Å². The van der Waals surface area contributed by atoms with Gasteiger partial charge in [-0.25, -0.2) is 0 Å². The van der Waals surface area contributed by atoms with Crippen LogP contribution in [0, 0.1) is 0 Å². The van der Waals surface area contributed by atoms with Crippen LogP contribution in [-0.4, -0.2) is 32.9 Å². The zero-order chi connectivity index (χ0) is 11.4. The van der Waals surface area contributed by atoms with Crippen molar-refractivity contribution >= 4 is 34.2 Å². The molecule has 6 nitrogen and oxygen atoms in total. The van der Waals surface area contributed by atoms with Gasteiger partial charge in [0.2, 0.25) is 0 Å².